The van der Waals surface area contributed by atoms with Crippen molar-refractivity contribution < 1.29 is 18.9 Å². The molecule has 0 rings (SSSR count). The van der Waals surface area contributed by atoms with Gasteiger partial charge >= 0.3 is 5.97 Å². The van der Waals surface area contributed by atoms with E-state index in [1.807, 2.05) is 0 Å². The fourth-order valence-electron chi connectivity index (χ4n) is 0.425. The van der Waals surface area contributed by atoms with Gasteiger partial charge in [0.25, 0.3) is 0 Å². The van der Waals surface area contributed by atoms with Crippen molar-refractivity contribution in [3.05, 3.63) is 0 Å². The first-order chi connectivity index (χ1) is 5.54. The van der Waals surface area contributed by atoms with Crippen LogP contribution in [0, 0.1) is 0 Å². The van der Waals surface area contributed by atoms with Crippen LogP contribution in [0.5, 0.6) is 0 Å². The lowest BCUT2D eigenvalue weighted by Crippen LogP contribution is -1.96. The molecule has 0 atom stereocenters. The van der Waals surface area contributed by atoms with Crippen molar-refractivity contribution >= 4 is 34.9 Å². The minimum Gasteiger partial charge on any atom is -0.481 e. The van der Waals surface area contributed by atoms with Gasteiger partial charge in [-0.15, -0.1) is 0 Å². The largest absolute Gasteiger partial charge is 0.481 e. The minimum absolute atomic E-state index is 0.0791. The van der Waals surface area contributed by atoms with Gasteiger partial charge in [0.15, 0.2) is 0 Å². The Morgan fingerprint density at radius 1 is 1.58 bits per heavy atom. The number of aliphatic carboxylic acids is 1. The van der Waals surface area contributed by atoms with E-state index >= 15 is 0 Å². The van der Waals surface area contributed by atoms with Gasteiger partial charge in [-0.1, -0.05) is 11.4 Å². The summed E-state index contributed by atoms with van der Waals surface area (Å²) in [6.45, 7) is 0. The fourth-order valence-corrected chi connectivity index (χ4v) is 3.52. The summed E-state index contributed by atoms with van der Waals surface area (Å²) in [6, 6.07) is 0. The van der Waals surface area contributed by atoms with E-state index < -0.39 is 11.7 Å². The number of hydrogen-bond acceptors (Lipinski definition) is 5. The van der Waals surface area contributed by atoms with Crippen molar-refractivity contribution in [2.75, 3.05) is 20.0 Å². The molecule has 0 aliphatic heterocycles. The van der Waals surface area contributed by atoms with Gasteiger partial charge in [0.2, 0.25) is 5.69 Å². The van der Waals surface area contributed by atoms with Crippen LogP contribution in [0.25, 0.3) is 0 Å². The Bertz CT molecular complexity index is 188. The summed E-state index contributed by atoms with van der Waals surface area (Å²) in [5, 5.41) is 8.34. The third-order valence-electron chi connectivity index (χ3n) is 1.01. The van der Waals surface area contributed by atoms with Crippen LogP contribution in [0.2, 0.25) is 0 Å². The molecule has 0 spiro atoms. The average Bonchev–Trinajstić information content (AvgIpc) is 2.03. The number of carbonyl (C=O) groups is 1. The molecule has 0 aromatic heterocycles. The molecule has 0 saturated heterocycles. The minimum atomic E-state index is -2.25. The third kappa shape index (κ3) is 5.11. The second-order valence-electron chi connectivity index (χ2n) is 1.79. The predicted molar refractivity (Wildman–Crippen MR) is 53.0 cm³/mol. The van der Waals surface area contributed by atoms with Crippen molar-refractivity contribution in [2.45, 2.75) is 6.42 Å². The molecule has 4 nitrogen and oxygen atoms in total. The van der Waals surface area contributed by atoms with E-state index in [1.54, 1.807) is 0 Å². The van der Waals surface area contributed by atoms with E-state index in [9.17, 15) is 4.79 Å². The molecule has 7 heteroatoms. The highest BCUT2D eigenvalue weighted by Crippen LogP contribution is 2.59. The predicted octanol–water partition coefficient (Wildman–Crippen LogP) is 1.71. The van der Waals surface area contributed by atoms with Crippen LogP contribution in [0.3, 0.4) is 0 Å². The monoisotopic (exact) mass is 230 g/mol. The Morgan fingerprint density at radius 3 is 2.42 bits per heavy atom. The molecular weight excluding hydrogens is 219 g/mol. The zero-order valence-electron chi connectivity index (χ0n) is 6.85. The van der Waals surface area contributed by atoms with Crippen molar-refractivity contribution in [3.8, 4) is 0 Å². The smallest absolute Gasteiger partial charge is 0.304 e. The number of carboxylic acid groups (broad SMARTS) is 1. The Kier molecular flexibility index (Phi) is 6.13. The van der Waals surface area contributed by atoms with E-state index in [4.69, 9.17) is 26.0 Å². The van der Waals surface area contributed by atoms with Crippen molar-refractivity contribution in [3.63, 3.8) is 0 Å². The Balaban J connectivity index is 3.74. The van der Waals surface area contributed by atoms with Crippen molar-refractivity contribution in [1.82, 2.24) is 0 Å². The SMILES string of the molecule is COP(=S)(OC)SCCC(=O)O. The first-order valence-corrected chi connectivity index (χ1v) is 7.35. The van der Waals surface area contributed by atoms with Gasteiger partial charge < -0.3 is 14.2 Å². The summed E-state index contributed by atoms with van der Waals surface area (Å²) in [7, 11) is 2.94. The normalized spacial score (nSPS) is 11.5. The summed E-state index contributed by atoms with van der Waals surface area (Å²) in [5.74, 6) is -0.412. The molecular formula is C5H11O4PS2. The van der Waals surface area contributed by atoms with Crippen molar-refractivity contribution in [2.24, 2.45) is 0 Å². The Morgan fingerprint density at radius 2 is 2.08 bits per heavy atom. The van der Waals surface area contributed by atoms with Crippen LogP contribution < -0.4 is 0 Å². The van der Waals surface area contributed by atoms with E-state index in [0.717, 1.165) is 0 Å². The summed E-state index contributed by atoms with van der Waals surface area (Å²) in [4.78, 5) is 10.1. The first-order valence-electron chi connectivity index (χ1n) is 3.12. The maximum atomic E-state index is 10.1. The third-order valence-corrected chi connectivity index (χ3v) is 6.84. The summed E-state index contributed by atoms with van der Waals surface area (Å²) >= 11 is 6.25. The second-order valence-corrected chi connectivity index (χ2v) is 8.43. The van der Waals surface area contributed by atoms with E-state index in [2.05, 4.69) is 0 Å². The van der Waals surface area contributed by atoms with Gasteiger partial charge in [-0.25, -0.2) is 0 Å². The van der Waals surface area contributed by atoms with Gasteiger partial charge in [-0.05, 0) is 11.8 Å². The molecule has 0 amide bonds. The van der Waals surface area contributed by atoms with Crippen LogP contribution >= 0.6 is 17.1 Å². The lowest BCUT2D eigenvalue weighted by atomic mass is 10.5. The Labute approximate surface area is 80.5 Å². The van der Waals surface area contributed by atoms with Crippen LogP contribution in [0.1, 0.15) is 6.42 Å². The summed E-state index contributed by atoms with van der Waals surface area (Å²) in [5.41, 5.74) is -2.25. The summed E-state index contributed by atoms with van der Waals surface area (Å²) in [6.07, 6.45) is 0.0791. The van der Waals surface area contributed by atoms with E-state index in [1.165, 1.54) is 25.6 Å². The van der Waals surface area contributed by atoms with Crippen molar-refractivity contribution in [1.29, 1.82) is 0 Å². The number of hydrogen-bond donors (Lipinski definition) is 1. The first kappa shape index (κ1) is 12.4. The zero-order chi connectivity index (χ0) is 9.61. The van der Waals surface area contributed by atoms with Gasteiger partial charge in [0, 0.05) is 20.0 Å². The van der Waals surface area contributed by atoms with Gasteiger partial charge in [-0.2, -0.15) is 0 Å². The van der Waals surface area contributed by atoms with Crippen LogP contribution in [0.15, 0.2) is 0 Å². The van der Waals surface area contributed by atoms with Gasteiger partial charge in [-0.3, -0.25) is 4.79 Å². The Hall–Kier alpha value is 0.390. The van der Waals surface area contributed by atoms with E-state index in [-0.39, 0.29) is 6.42 Å². The maximum Gasteiger partial charge on any atom is 0.304 e. The highest BCUT2D eigenvalue weighted by atomic mass is 32.9. The van der Waals surface area contributed by atoms with Crippen LogP contribution in [0.4, 0.5) is 0 Å². The standard InChI is InChI=1S/C5H11O4PS2/c1-8-10(11,9-2)12-4-3-5(6)7/h3-4H2,1-2H3,(H,6,7). The molecule has 0 radical (unpaired) electrons. The highest BCUT2D eigenvalue weighted by Gasteiger charge is 2.15. The fraction of sp³-hybridized carbons (Fsp3) is 0.800. The molecule has 0 fully saturated rings. The number of rotatable bonds is 6. The lowest BCUT2D eigenvalue weighted by molar-refractivity contribution is -0.136. The lowest BCUT2D eigenvalue weighted by Gasteiger charge is -2.15. The highest BCUT2D eigenvalue weighted by molar-refractivity contribution is 8.67. The van der Waals surface area contributed by atoms with Gasteiger partial charge in [0.05, 0.1) is 6.42 Å². The molecule has 0 saturated carbocycles. The molecule has 0 aliphatic rings. The average molecular weight is 230 g/mol. The second kappa shape index (κ2) is 5.94. The molecule has 0 aromatic rings. The molecule has 0 heterocycles. The van der Waals surface area contributed by atoms with E-state index in [0.29, 0.717) is 5.75 Å². The molecule has 0 bridgehead atoms. The summed E-state index contributed by atoms with van der Waals surface area (Å²) < 4.78 is 9.89. The maximum absolute atomic E-state index is 10.1. The van der Waals surface area contributed by atoms with Crippen LogP contribution in [-0.2, 0) is 25.6 Å². The molecule has 0 unspecified atom stereocenters. The van der Waals surface area contributed by atoms with Crippen LogP contribution in [-0.4, -0.2) is 31.0 Å². The topological polar surface area (TPSA) is 55.8 Å². The molecule has 0 aromatic carbocycles. The molecule has 0 aliphatic carbocycles. The quantitative estimate of drug-likeness (QED) is 0.701. The number of carboxylic acids is 1. The molecule has 1 N–H and O–H groups in total. The molecule has 12 heavy (non-hydrogen) atoms. The molecule has 72 valence electrons. The zero-order valence-corrected chi connectivity index (χ0v) is 9.38. The van der Waals surface area contributed by atoms with Gasteiger partial charge in [0.1, 0.15) is 0 Å².